The van der Waals surface area contributed by atoms with Crippen LogP contribution in [0.15, 0.2) is 18.2 Å². The van der Waals surface area contributed by atoms with E-state index in [0.29, 0.717) is 13.2 Å². The van der Waals surface area contributed by atoms with Crippen LogP contribution in [0.25, 0.3) is 0 Å². The van der Waals surface area contributed by atoms with Crippen molar-refractivity contribution in [2.24, 2.45) is 0 Å². The van der Waals surface area contributed by atoms with Crippen LogP contribution in [-0.4, -0.2) is 37.7 Å². The van der Waals surface area contributed by atoms with Gasteiger partial charge in [0.15, 0.2) is 0 Å². The molecular weight excluding hydrogens is 276 g/mol. The van der Waals surface area contributed by atoms with Crippen LogP contribution in [0, 0.1) is 0 Å². The Labute approximate surface area is 133 Å². The van der Waals surface area contributed by atoms with Crippen molar-refractivity contribution in [2.45, 2.75) is 45.4 Å². The van der Waals surface area contributed by atoms with Crippen LogP contribution in [-0.2, 0) is 12.8 Å². The van der Waals surface area contributed by atoms with Crippen LogP contribution in [0.4, 0.5) is 4.79 Å². The maximum atomic E-state index is 11.8. The Bertz CT molecular complexity index is 488. The van der Waals surface area contributed by atoms with E-state index in [0.717, 1.165) is 31.6 Å². The molecule has 122 valence electrons. The summed E-state index contributed by atoms with van der Waals surface area (Å²) in [5, 5.41) is 2.89. The summed E-state index contributed by atoms with van der Waals surface area (Å²) in [6.07, 6.45) is 7.05. The highest BCUT2D eigenvalue weighted by Crippen LogP contribution is 2.25. The molecule has 2 rings (SSSR count). The fourth-order valence-electron chi connectivity index (χ4n) is 2.76. The summed E-state index contributed by atoms with van der Waals surface area (Å²) >= 11 is 0. The summed E-state index contributed by atoms with van der Waals surface area (Å²) in [6.45, 7) is 3.96. The second kappa shape index (κ2) is 8.66. The standard InChI is InChI=1S/C18H28N2O2/c1-3-4-12-20(2)18(21)19-11-13-22-17-10-9-15-7-5-6-8-16(15)14-17/h9-10,14H,3-8,11-13H2,1-2H3,(H,19,21). The van der Waals surface area contributed by atoms with Crippen molar-refractivity contribution in [3.05, 3.63) is 29.3 Å². The molecule has 0 fully saturated rings. The number of carbonyl (C=O) groups is 1. The van der Waals surface area contributed by atoms with E-state index in [1.807, 2.05) is 13.1 Å². The van der Waals surface area contributed by atoms with Gasteiger partial charge in [0, 0.05) is 13.6 Å². The summed E-state index contributed by atoms with van der Waals surface area (Å²) in [6, 6.07) is 6.35. The summed E-state index contributed by atoms with van der Waals surface area (Å²) < 4.78 is 5.75. The zero-order valence-corrected chi connectivity index (χ0v) is 13.9. The minimum absolute atomic E-state index is 0.0255. The van der Waals surface area contributed by atoms with Crippen molar-refractivity contribution in [3.8, 4) is 5.75 Å². The molecular formula is C18H28N2O2. The quantitative estimate of drug-likeness (QED) is 0.785. The van der Waals surface area contributed by atoms with Crippen LogP contribution < -0.4 is 10.1 Å². The average Bonchev–Trinajstić information content (AvgIpc) is 2.56. The molecule has 4 nitrogen and oxygen atoms in total. The molecule has 22 heavy (non-hydrogen) atoms. The number of fused-ring (bicyclic) bond motifs is 1. The minimum atomic E-state index is -0.0255. The lowest BCUT2D eigenvalue weighted by atomic mass is 9.92. The number of carbonyl (C=O) groups excluding carboxylic acids is 1. The van der Waals surface area contributed by atoms with Crippen molar-refractivity contribution >= 4 is 6.03 Å². The lowest BCUT2D eigenvalue weighted by Crippen LogP contribution is -2.39. The number of amides is 2. The SMILES string of the molecule is CCCCN(C)C(=O)NCCOc1ccc2c(c1)CCCC2. The van der Waals surface area contributed by atoms with Crippen LogP contribution >= 0.6 is 0 Å². The Kier molecular flexibility index (Phi) is 6.56. The number of ether oxygens (including phenoxy) is 1. The van der Waals surface area contributed by atoms with Gasteiger partial charge in [0.05, 0.1) is 6.54 Å². The molecule has 1 aromatic carbocycles. The molecule has 0 saturated heterocycles. The number of aryl methyl sites for hydroxylation is 2. The van der Waals surface area contributed by atoms with E-state index in [1.54, 1.807) is 4.90 Å². The number of hydrogen-bond acceptors (Lipinski definition) is 2. The van der Waals surface area contributed by atoms with Gasteiger partial charge in [-0.05, 0) is 55.4 Å². The molecule has 1 aromatic rings. The van der Waals surface area contributed by atoms with Crippen molar-refractivity contribution < 1.29 is 9.53 Å². The molecule has 0 heterocycles. The Morgan fingerprint density at radius 1 is 1.27 bits per heavy atom. The highest BCUT2D eigenvalue weighted by molar-refractivity contribution is 5.73. The topological polar surface area (TPSA) is 41.6 Å². The third-order valence-electron chi connectivity index (χ3n) is 4.16. The first-order valence-corrected chi connectivity index (χ1v) is 8.44. The van der Waals surface area contributed by atoms with Gasteiger partial charge in [0.1, 0.15) is 12.4 Å². The Hall–Kier alpha value is -1.71. The van der Waals surface area contributed by atoms with E-state index in [4.69, 9.17) is 4.74 Å². The van der Waals surface area contributed by atoms with Gasteiger partial charge in [-0.2, -0.15) is 0 Å². The predicted molar refractivity (Wildman–Crippen MR) is 89.5 cm³/mol. The smallest absolute Gasteiger partial charge is 0.317 e. The Balaban J connectivity index is 1.69. The van der Waals surface area contributed by atoms with Crippen LogP contribution in [0.2, 0.25) is 0 Å². The molecule has 0 bridgehead atoms. The fourth-order valence-corrected chi connectivity index (χ4v) is 2.76. The second-order valence-corrected chi connectivity index (χ2v) is 5.99. The molecule has 1 N–H and O–H groups in total. The van der Waals surface area contributed by atoms with Crippen molar-refractivity contribution in [2.75, 3.05) is 26.7 Å². The molecule has 0 unspecified atom stereocenters. The maximum Gasteiger partial charge on any atom is 0.317 e. The number of rotatable bonds is 7. The van der Waals surface area contributed by atoms with Crippen LogP contribution in [0.1, 0.15) is 43.7 Å². The molecule has 1 aliphatic carbocycles. The molecule has 4 heteroatoms. The lowest BCUT2D eigenvalue weighted by molar-refractivity contribution is 0.204. The van der Waals surface area contributed by atoms with Crippen molar-refractivity contribution in [1.82, 2.24) is 10.2 Å². The van der Waals surface area contributed by atoms with Crippen molar-refractivity contribution in [1.29, 1.82) is 0 Å². The third-order valence-corrected chi connectivity index (χ3v) is 4.16. The van der Waals surface area contributed by atoms with E-state index >= 15 is 0 Å². The van der Waals surface area contributed by atoms with E-state index in [-0.39, 0.29) is 6.03 Å². The number of nitrogens with zero attached hydrogens (tertiary/aromatic N) is 1. The second-order valence-electron chi connectivity index (χ2n) is 5.99. The molecule has 0 radical (unpaired) electrons. The van der Waals surface area contributed by atoms with Gasteiger partial charge in [0.25, 0.3) is 0 Å². The number of hydrogen-bond donors (Lipinski definition) is 1. The monoisotopic (exact) mass is 304 g/mol. The normalized spacial score (nSPS) is 13.4. The van der Waals surface area contributed by atoms with Crippen LogP contribution in [0.5, 0.6) is 5.75 Å². The molecule has 0 aliphatic heterocycles. The van der Waals surface area contributed by atoms with E-state index in [1.165, 1.54) is 30.4 Å². The zero-order chi connectivity index (χ0) is 15.8. The molecule has 0 saturated carbocycles. The first-order chi connectivity index (χ1) is 10.7. The summed E-state index contributed by atoms with van der Waals surface area (Å²) in [5.74, 6) is 0.911. The molecule has 2 amide bonds. The number of urea groups is 1. The van der Waals surface area contributed by atoms with E-state index in [9.17, 15) is 4.79 Å². The molecule has 0 spiro atoms. The maximum absolute atomic E-state index is 11.8. The first-order valence-electron chi connectivity index (χ1n) is 8.44. The van der Waals surface area contributed by atoms with Gasteiger partial charge in [-0.3, -0.25) is 0 Å². The fraction of sp³-hybridized carbons (Fsp3) is 0.611. The first kappa shape index (κ1) is 16.7. The van der Waals surface area contributed by atoms with Gasteiger partial charge in [-0.1, -0.05) is 19.4 Å². The summed E-state index contributed by atoms with van der Waals surface area (Å²) in [4.78, 5) is 13.5. The van der Waals surface area contributed by atoms with Gasteiger partial charge in [0.2, 0.25) is 0 Å². The minimum Gasteiger partial charge on any atom is -0.492 e. The van der Waals surface area contributed by atoms with E-state index in [2.05, 4.69) is 24.4 Å². The van der Waals surface area contributed by atoms with Gasteiger partial charge in [-0.15, -0.1) is 0 Å². The zero-order valence-electron chi connectivity index (χ0n) is 13.9. The Morgan fingerprint density at radius 2 is 2.05 bits per heavy atom. The number of nitrogens with one attached hydrogen (secondary N) is 1. The van der Waals surface area contributed by atoms with Crippen molar-refractivity contribution in [3.63, 3.8) is 0 Å². The highest BCUT2D eigenvalue weighted by atomic mass is 16.5. The molecule has 0 aromatic heterocycles. The molecule has 1 aliphatic rings. The Morgan fingerprint density at radius 3 is 2.82 bits per heavy atom. The summed E-state index contributed by atoms with van der Waals surface area (Å²) in [7, 11) is 1.83. The number of unbranched alkanes of at least 4 members (excludes halogenated alkanes) is 1. The van der Waals surface area contributed by atoms with Gasteiger partial charge < -0.3 is 15.0 Å². The largest absolute Gasteiger partial charge is 0.492 e. The lowest BCUT2D eigenvalue weighted by Gasteiger charge is -2.18. The average molecular weight is 304 g/mol. The van der Waals surface area contributed by atoms with Gasteiger partial charge >= 0.3 is 6.03 Å². The third kappa shape index (κ3) is 4.93. The predicted octanol–water partition coefficient (Wildman–Crippen LogP) is 3.39. The number of benzene rings is 1. The summed E-state index contributed by atoms with van der Waals surface area (Å²) in [5.41, 5.74) is 2.89. The van der Waals surface area contributed by atoms with Gasteiger partial charge in [-0.25, -0.2) is 4.79 Å². The highest BCUT2D eigenvalue weighted by Gasteiger charge is 2.10. The molecule has 0 atom stereocenters. The van der Waals surface area contributed by atoms with E-state index < -0.39 is 0 Å². The van der Waals surface area contributed by atoms with Crippen LogP contribution in [0.3, 0.4) is 0 Å².